The van der Waals surface area contributed by atoms with Gasteiger partial charge in [0, 0.05) is 55.5 Å². The average Bonchev–Trinajstić information content (AvgIpc) is 3.52. The molecule has 13 heteroatoms. The molecule has 51 heavy (non-hydrogen) atoms. The van der Waals surface area contributed by atoms with Crippen LogP contribution < -0.4 is 26.4 Å². The third kappa shape index (κ3) is 12.2. The third-order valence-electron chi connectivity index (χ3n) is 8.26. The number of anilines is 1. The normalized spacial score (nSPS) is 17.5. The van der Waals surface area contributed by atoms with Crippen LogP contribution in [0.25, 0.3) is 10.9 Å². The monoisotopic (exact) mass is 714 g/mol. The number of amides is 1. The lowest BCUT2D eigenvalue weighted by atomic mass is 9.88. The van der Waals surface area contributed by atoms with Crippen molar-refractivity contribution in [3.05, 3.63) is 76.9 Å². The first-order valence-corrected chi connectivity index (χ1v) is 17.5. The Labute approximate surface area is 301 Å². The summed E-state index contributed by atoms with van der Waals surface area (Å²) in [7, 11) is 2.95. The van der Waals surface area contributed by atoms with Crippen molar-refractivity contribution in [1.29, 1.82) is 0 Å². The molecule has 3 aromatic rings. The molecule has 1 amide bonds. The molecule has 5 rings (SSSR count). The molecule has 0 radical (unpaired) electrons. The number of alkyl halides is 1. The number of aryl methyl sites for hydroxylation is 1. The fourth-order valence-electron chi connectivity index (χ4n) is 5.16. The van der Waals surface area contributed by atoms with E-state index >= 15 is 8.78 Å². The van der Waals surface area contributed by atoms with Crippen molar-refractivity contribution in [1.82, 2.24) is 30.5 Å². The number of aromatic amines is 1. The lowest BCUT2D eigenvalue weighted by molar-refractivity contribution is 0.0960. The number of piperazine rings is 1. The lowest BCUT2D eigenvalue weighted by Gasteiger charge is -2.43. The van der Waals surface area contributed by atoms with Gasteiger partial charge < -0.3 is 31.4 Å². The van der Waals surface area contributed by atoms with Gasteiger partial charge in [-0.1, -0.05) is 44.4 Å². The van der Waals surface area contributed by atoms with Crippen LogP contribution >= 0.6 is 0 Å². The highest BCUT2D eigenvalue weighted by Crippen LogP contribution is 2.37. The van der Waals surface area contributed by atoms with E-state index in [1.54, 1.807) is 19.1 Å². The number of carbonyl (C=O) groups is 1. The van der Waals surface area contributed by atoms with Crippen LogP contribution in [0.15, 0.2) is 59.9 Å². The van der Waals surface area contributed by atoms with Crippen molar-refractivity contribution in [3.8, 4) is 11.6 Å². The Balaban J connectivity index is 0.000000550. The van der Waals surface area contributed by atoms with Crippen LogP contribution in [0.1, 0.15) is 83.3 Å². The number of carbonyl (C=O) groups excluding carboxylic acids is 1. The molecule has 282 valence electrons. The number of hydrogen-bond donors (Lipinski definition) is 5. The van der Waals surface area contributed by atoms with E-state index in [1.165, 1.54) is 51.0 Å². The predicted molar refractivity (Wildman–Crippen MR) is 202 cm³/mol. The smallest absolute Gasteiger partial charge is 0.260 e. The first-order valence-electron chi connectivity index (χ1n) is 17.5. The molecular formula is C38H57F3N8O2. The molecule has 6 N–H and O–H groups in total. The van der Waals surface area contributed by atoms with Crippen LogP contribution in [-0.2, 0) is 0 Å². The quantitative estimate of drug-likeness (QED) is 0.142. The van der Waals surface area contributed by atoms with Crippen LogP contribution in [0.2, 0.25) is 0 Å². The molecular weight excluding hydrogens is 657 g/mol. The molecule has 2 aromatic heterocycles. The molecule has 0 bridgehead atoms. The summed E-state index contributed by atoms with van der Waals surface area (Å²) in [6.07, 6.45) is 9.36. The first kappa shape index (κ1) is 43.0. The zero-order valence-electron chi connectivity index (χ0n) is 31.6. The summed E-state index contributed by atoms with van der Waals surface area (Å²) in [6.45, 7) is 16.7. The lowest BCUT2D eigenvalue weighted by Crippen LogP contribution is -2.55. The number of benzene rings is 1. The van der Waals surface area contributed by atoms with Gasteiger partial charge in [0.25, 0.3) is 5.91 Å². The zero-order valence-corrected chi connectivity index (χ0v) is 31.6. The van der Waals surface area contributed by atoms with E-state index in [1.807, 2.05) is 39.8 Å². The maximum Gasteiger partial charge on any atom is 0.260 e. The molecule has 1 aliphatic heterocycles. The molecule has 0 spiro atoms. The zero-order chi connectivity index (χ0) is 38.1. The summed E-state index contributed by atoms with van der Waals surface area (Å²) in [5.41, 5.74) is 6.82. The number of H-pyrrole nitrogens is 1. The van der Waals surface area contributed by atoms with Gasteiger partial charge in [-0.05, 0) is 78.8 Å². The minimum absolute atomic E-state index is 0.0279. The highest BCUT2D eigenvalue weighted by molar-refractivity contribution is 6.01. The number of rotatable bonds is 9. The van der Waals surface area contributed by atoms with Gasteiger partial charge in [0.2, 0.25) is 5.88 Å². The Morgan fingerprint density at radius 3 is 2.37 bits per heavy atom. The van der Waals surface area contributed by atoms with Gasteiger partial charge in [-0.2, -0.15) is 0 Å². The van der Waals surface area contributed by atoms with Crippen molar-refractivity contribution < 1.29 is 22.7 Å². The molecule has 3 heterocycles. The maximum absolute atomic E-state index is 15.4. The van der Waals surface area contributed by atoms with E-state index in [9.17, 15) is 9.18 Å². The Kier molecular flexibility index (Phi) is 17.9. The van der Waals surface area contributed by atoms with Gasteiger partial charge in [-0.3, -0.25) is 9.69 Å². The molecule has 1 aromatic carbocycles. The van der Waals surface area contributed by atoms with Gasteiger partial charge in [-0.15, -0.1) is 0 Å². The predicted octanol–water partition coefficient (Wildman–Crippen LogP) is 7.86. The standard InChI is InChI=1S/C26H29F2N7O2.C7H13F.C4H10.CH5N/c1-15-12-17-18(33-15)4-5-19(22(17)28)37-25-21(24(36)29-3)23(31-14-32-25)34-16-6-7-26(2,20(27)13-16)35-10-8-30-9-11-35;1-6(2)4-5-7(3)8;1-3-4-2;1-2/h4-6,12-14,30,33H,7-11H2,1-3H3,(H,29,36)(H,31,32,34);4,7H,5H2,1-3H3;3-4H2,1-2H3;2H2,1H3. The summed E-state index contributed by atoms with van der Waals surface area (Å²) >= 11 is 0. The molecule has 2 unspecified atom stereocenters. The fourth-order valence-corrected chi connectivity index (χ4v) is 5.16. The van der Waals surface area contributed by atoms with E-state index in [2.05, 4.69) is 55.4 Å². The van der Waals surface area contributed by atoms with Crippen LogP contribution in [0.4, 0.5) is 19.0 Å². The van der Waals surface area contributed by atoms with Crippen LogP contribution in [0.5, 0.6) is 11.6 Å². The first-order chi connectivity index (χ1) is 24.3. The number of hydrogen-bond acceptors (Lipinski definition) is 8. The number of nitrogens with two attached hydrogens (primary N) is 1. The Bertz CT molecular complexity index is 1640. The van der Waals surface area contributed by atoms with Crippen molar-refractivity contribution in [2.24, 2.45) is 5.73 Å². The Hall–Kier alpha value is -4.20. The van der Waals surface area contributed by atoms with Crippen LogP contribution in [-0.4, -0.2) is 77.7 Å². The Morgan fingerprint density at radius 2 is 1.82 bits per heavy atom. The van der Waals surface area contributed by atoms with Gasteiger partial charge in [0.05, 0.1) is 5.54 Å². The van der Waals surface area contributed by atoms with Crippen LogP contribution in [0, 0.1) is 12.7 Å². The number of aromatic nitrogens is 3. The summed E-state index contributed by atoms with van der Waals surface area (Å²) in [5.74, 6) is -1.49. The largest absolute Gasteiger partial charge is 0.435 e. The number of halogens is 3. The average molecular weight is 715 g/mol. The molecule has 2 atom stereocenters. The topological polar surface area (TPSA) is 133 Å². The fraction of sp³-hybridized carbons (Fsp3) is 0.500. The van der Waals surface area contributed by atoms with Crippen molar-refractivity contribution >= 4 is 22.6 Å². The molecule has 1 fully saturated rings. The van der Waals surface area contributed by atoms with Crippen molar-refractivity contribution in [2.75, 3.05) is 45.6 Å². The second kappa shape index (κ2) is 21.2. The summed E-state index contributed by atoms with van der Waals surface area (Å²) in [5, 5.41) is 9.22. The second-order valence-corrected chi connectivity index (χ2v) is 12.7. The summed E-state index contributed by atoms with van der Waals surface area (Å²) in [4.78, 5) is 26.3. The number of allylic oxidation sites excluding steroid dienone is 3. The summed E-state index contributed by atoms with van der Waals surface area (Å²) in [6, 6.07) is 4.83. The van der Waals surface area contributed by atoms with E-state index in [-0.39, 0.29) is 28.8 Å². The van der Waals surface area contributed by atoms with E-state index in [4.69, 9.17) is 4.74 Å². The van der Waals surface area contributed by atoms with Crippen LogP contribution in [0.3, 0.4) is 0 Å². The highest BCUT2D eigenvalue weighted by Gasteiger charge is 2.38. The maximum atomic E-state index is 15.4. The number of nitrogens with one attached hydrogen (secondary N) is 4. The van der Waals surface area contributed by atoms with E-state index in [0.717, 1.165) is 31.9 Å². The van der Waals surface area contributed by atoms with Gasteiger partial charge in [0.1, 0.15) is 23.9 Å². The molecule has 10 nitrogen and oxygen atoms in total. The number of fused-ring (bicyclic) bond motifs is 1. The van der Waals surface area contributed by atoms with Gasteiger partial charge in [-0.25, -0.2) is 23.1 Å². The molecule has 0 saturated carbocycles. The Morgan fingerprint density at radius 1 is 1.16 bits per heavy atom. The van der Waals surface area contributed by atoms with E-state index in [0.29, 0.717) is 29.4 Å². The third-order valence-corrected chi connectivity index (χ3v) is 8.26. The molecule has 1 saturated heterocycles. The highest BCUT2D eigenvalue weighted by atomic mass is 19.1. The minimum Gasteiger partial charge on any atom is -0.435 e. The molecule has 2 aliphatic rings. The second-order valence-electron chi connectivity index (χ2n) is 12.7. The number of nitrogens with zero attached hydrogens (tertiary/aromatic N) is 3. The minimum atomic E-state index is -0.733. The van der Waals surface area contributed by atoms with E-state index < -0.39 is 23.4 Å². The van der Waals surface area contributed by atoms with Crippen molar-refractivity contribution in [2.45, 2.75) is 85.9 Å². The van der Waals surface area contributed by atoms with Gasteiger partial charge >= 0.3 is 0 Å². The van der Waals surface area contributed by atoms with Crippen molar-refractivity contribution in [3.63, 3.8) is 0 Å². The van der Waals surface area contributed by atoms with Gasteiger partial charge in [0.15, 0.2) is 17.4 Å². The molecule has 1 aliphatic carbocycles. The number of ether oxygens (including phenoxy) is 1. The SMILES string of the molecule is CC(C)=CCC(C)F.CCCC.CN.CNC(=O)c1c(NC2=CCC(C)(N3CCNCC3)C(F)=C2)ncnc1Oc1ccc2[nH]c(C)cc2c1F. The summed E-state index contributed by atoms with van der Waals surface area (Å²) < 4.78 is 48.3. The number of unbranched alkanes of at least 4 members (excludes halogenated alkanes) is 1.